The summed E-state index contributed by atoms with van der Waals surface area (Å²) in [5, 5.41) is 10.5. The van der Waals surface area contributed by atoms with Gasteiger partial charge in [-0.1, -0.05) is 82.8 Å². The minimum absolute atomic E-state index is 0.0293. The van der Waals surface area contributed by atoms with Gasteiger partial charge in [-0.05, 0) is 59.1 Å². The molecule has 1 saturated carbocycles. The van der Waals surface area contributed by atoms with Gasteiger partial charge in [0.25, 0.3) is 0 Å². The normalized spacial score (nSPS) is 16.5. The predicted octanol–water partition coefficient (Wildman–Crippen LogP) is 7.71. The maximum atomic E-state index is 9.76. The van der Waals surface area contributed by atoms with Crippen LogP contribution in [0.15, 0.2) is 36.4 Å². The van der Waals surface area contributed by atoms with Gasteiger partial charge >= 0.3 is 0 Å². The monoisotopic (exact) mass is 379 g/mol. The molecule has 1 nitrogen and oxygen atoms in total. The highest BCUT2D eigenvalue weighted by atomic mass is 35.5. The smallest absolute Gasteiger partial charge is 0.0995 e. The molecular formula is C25H30ClN. The van der Waals surface area contributed by atoms with E-state index in [1.54, 1.807) is 0 Å². The summed E-state index contributed by atoms with van der Waals surface area (Å²) >= 11 is 6.69. The summed E-state index contributed by atoms with van der Waals surface area (Å²) in [5.74, 6) is 0.778. The van der Waals surface area contributed by atoms with Crippen molar-refractivity contribution in [2.24, 2.45) is 0 Å². The summed E-state index contributed by atoms with van der Waals surface area (Å²) in [6.07, 6.45) is 5.97. The van der Waals surface area contributed by atoms with E-state index in [2.05, 4.69) is 70.2 Å². The fraction of sp³-hybridized carbons (Fsp3) is 0.480. The molecule has 0 amide bonds. The van der Waals surface area contributed by atoms with Crippen LogP contribution in [0.3, 0.4) is 0 Å². The van der Waals surface area contributed by atoms with Crippen molar-refractivity contribution in [2.75, 3.05) is 0 Å². The summed E-state index contributed by atoms with van der Waals surface area (Å²) in [6, 6.07) is 15.8. The van der Waals surface area contributed by atoms with Crippen LogP contribution in [-0.2, 0) is 5.41 Å². The second kappa shape index (κ2) is 8.07. The van der Waals surface area contributed by atoms with Crippen molar-refractivity contribution in [1.82, 2.24) is 0 Å². The standard InChI is InChI=1S/C25H30ClN/c1-17(2)19-8-10-21(11-9-19)25(12-6-5-7-13-25)22-14-20(16-27)24(18(3)4)23(26)15-22/h8-11,14-15,17-18H,5-7,12-13H2,1-4H3. The van der Waals surface area contributed by atoms with E-state index in [0.29, 0.717) is 5.92 Å². The van der Waals surface area contributed by atoms with Gasteiger partial charge in [-0.3, -0.25) is 0 Å². The van der Waals surface area contributed by atoms with E-state index in [0.717, 1.165) is 29.0 Å². The first-order valence-electron chi connectivity index (χ1n) is 10.2. The highest BCUT2D eigenvalue weighted by molar-refractivity contribution is 6.31. The molecule has 0 unspecified atom stereocenters. The van der Waals surface area contributed by atoms with Crippen LogP contribution in [-0.4, -0.2) is 0 Å². The van der Waals surface area contributed by atoms with E-state index in [9.17, 15) is 5.26 Å². The summed E-state index contributed by atoms with van der Waals surface area (Å²) in [5.41, 5.74) is 5.63. The lowest BCUT2D eigenvalue weighted by Crippen LogP contribution is -2.30. The fourth-order valence-electron chi connectivity index (χ4n) is 4.66. The molecule has 0 radical (unpaired) electrons. The molecule has 2 heteroatoms. The molecule has 0 aromatic heterocycles. The molecule has 1 fully saturated rings. The minimum atomic E-state index is -0.0293. The number of rotatable bonds is 4. The molecule has 27 heavy (non-hydrogen) atoms. The summed E-state index contributed by atoms with van der Waals surface area (Å²) < 4.78 is 0. The number of halogens is 1. The third kappa shape index (κ3) is 3.78. The third-order valence-electron chi connectivity index (χ3n) is 6.22. The van der Waals surface area contributed by atoms with Crippen LogP contribution in [0.25, 0.3) is 0 Å². The van der Waals surface area contributed by atoms with Crippen molar-refractivity contribution >= 4 is 11.6 Å². The Kier molecular flexibility index (Phi) is 5.97. The Balaban J connectivity index is 2.16. The lowest BCUT2D eigenvalue weighted by atomic mass is 9.64. The van der Waals surface area contributed by atoms with Gasteiger partial charge in [0, 0.05) is 10.4 Å². The average molecular weight is 380 g/mol. The SMILES string of the molecule is CC(C)c1ccc(C2(c3cc(Cl)c(C(C)C)c(C#N)c3)CCCCC2)cc1. The number of nitriles is 1. The van der Waals surface area contributed by atoms with Crippen molar-refractivity contribution in [2.45, 2.75) is 77.0 Å². The van der Waals surface area contributed by atoms with Gasteiger partial charge in [0.2, 0.25) is 0 Å². The van der Waals surface area contributed by atoms with Crippen LogP contribution in [0.5, 0.6) is 0 Å². The Bertz CT molecular complexity index is 834. The van der Waals surface area contributed by atoms with Gasteiger partial charge in [0.1, 0.15) is 0 Å². The fourth-order valence-corrected chi connectivity index (χ4v) is 5.10. The highest BCUT2D eigenvalue weighted by Crippen LogP contribution is 2.47. The topological polar surface area (TPSA) is 23.8 Å². The Morgan fingerprint density at radius 1 is 0.889 bits per heavy atom. The van der Waals surface area contributed by atoms with Crippen molar-refractivity contribution in [1.29, 1.82) is 5.26 Å². The van der Waals surface area contributed by atoms with Crippen LogP contribution in [0.1, 0.15) is 99.5 Å². The Hall–Kier alpha value is -1.78. The molecule has 1 aliphatic carbocycles. The number of nitrogens with zero attached hydrogens (tertiary/aromatic N) is 1. The molecule has 0 atom stereocenters. The van der Waals surface area contributed by atoms with E-state index in [1.807, 2.05) is 0 Å². The summed E-state index contributed by atoms with van der Waals surface area (Å²) in [4.78, 5) is 0. The largest absolute Gasteiger partial charge is 0.192 e. The molecule has 0 heterocycles. The van der Waals surface area contributed by atoms with Crippen molar-refractivity contribution in [3.8, 4) is 6.07 Å². The summed E-state index contributed by atoms with van der Waals surface area (Å²) in [6.45, 7) is 8.66. The molecule has 0 N–H and O–H groups in total. The van der Waals surface area contributed by atoms with Crippen LogP contribution in [0, 0.1) is 11.3 Å². The average Bonchev–Trinajstić information content (AvgIpc) is 2.67. The summed E-state index contributed by atoms with van der Waals surface area (Å²) in [7, 11) is 0. The van der Waals surface area contributed by atoms with Crippen molar-refractivity contribution < 1.29 is 0 Å². The molecule has 2 aromatic carbocycles. The van der Waals surface area contributed by atoms with Crippen molar-refractivity contribution in [3.63, 3.8) is 0 Å². The van der Waals surface area contributed by atoms with Crippen LogP contribution >= 0.6 is 11.6 Å². The molecule has 1 aliphatic rings. The van der Waals surface area contributed by atoms with Crippen molar-refractivity contribution in [3.05, 3.63) is 69.2 Å². The maximum absolute atomic E-state index is 9.76. The Morgan fingerprint density at radius 2 is 1.52 bits per heavy atom. The van der Waals surface area contributed by atoms with Gasteiger partial charge in [-0.25, -0.2) is 0 Å². The van der Waals surface area contributed by atoms with Crippen LogP contribution < -0.4 is 0 Å². The molecular weight excluding hydrogens is 350 g/mol. The second-order valence-corrected chi connectivity index (χ2v) is 9.01. The van der Waals surface area contributed by atoms with Crippen LogP contribution in [0.4, 0.5) is 0 Å². The van der Waals surface area contributed by atoms with Gasteiger partial charge < -0.3 is 0 Å². The van der Waals surface area contributed by atoms with Gasteiger partial charge in [0.05, 0.1) is 11.6 Å². The van der Waals surface area contributed by atoms with E-state index in [4.69, 9.17) is 11.6 Å². The first-order valence-corrected chi connectivity index (χ1v) is 10.6. The lowest BCUT2D eigenvalue weighted by Gasteiger charge is -2.39. The molecule has 0 saturated heterocycles. The molecule has 0 aliphatic heterocycles. The van der Waals surface area contributed by atoms with E-state index < -0.39 is 0 Å². The lowest BCUT2D eigenvalue weighted by molar-refractivity contribution is 0.346. The second-order valence-electron chi connectivity index (χ2n) is 8.61. The quantitative estimate of drug-likeness (QED) is 0.533. The third-order valence-corrected chi connectivity index (χ3v) is 6.53. The van der Waals surface area contributed by atoms with E-state index >= 15 is 0 Å². The molecule has 0 bridgehead atoms. The van der Waals surface area contributed by atoms with Crippen LogP contribution in [0.2, 0.25) is 5.02 Å². The predicted molar refractivity (Wildman–Crippen MR) is 115 cm³/mol. The molecule has 3 rings (SSSR count). The molecule has 2 aromatic rings. The van der Waals surface area contributed by atoms with E-state index in [-0.39, 0.29) is 11.3 Å². The Morgan fingerprint density at radius 3 is 2.04 bits per heavy atom. The first kappa shape index (κ1) is 20.0. The Labute approximate surface area is 169 Å². The highest BCUT2D eigenvalue weighted by Gasteiger charge is 2.36. The number of hydrogen-bond acceptors (Lipinski definition) is 1. The van der Waals surface area contributed by atoms with Gasteiger partial charge in [0.15, 0.2) is 0 Å². The first-order chi connectivity index (χ1) is 12.9. The number of hydrogen-bond donors (Lipinski definition) is 0. The minimum Gasteiger partial charge on any atom is -0.192 e. The molecule has 0 spiro atoms. The maximum Gasteiger partial charge on any atom is 0.0995 e. The van der Waals surface area contributed by atoms with E-state index in [1.165, 1.54) is 36.0 Å². The zero-order chi connectivity index (χ0) is 19.6. The molecule has 142 valence electrons. The number of benzene rings is 2. The van der Waals surface area contributed by atoms with Gasteiger partial charge in [-0.2, -0.15) is 5.26 Å². The van der Waals surface area contributed by atoms with Gasteiger partial charge in [-0.15, -0.1) is 0 Å². The zero-order valence-corrected chi connectivity index (χ0v) is 17.7. The zero-order valence-electron chi connectivity index (χ0n) is 17.0.